The van der Waals surface area contributed by atoms with Crippen molar-refractivity contribution in [1.29, 1.82) is 5.26 Å². The van der Waals surface area contributed by atoms with E-state index in [9.17, 15) is 5.26 Å². The summed E-state index contributed by atoms with van der Waals surface area (Å²) in [5.74, 6) is 0. The average molecular weight is 287 g/mol. The van der Waals surface area contributed by atoms with Crippen LogP contribution in [0.15, 0.2) is 24.3 Å². The van der Waals surface area contributed by atoms with E-state index in [4.69, 9.17) is 11.6 Å². The average Bonchev–Trinajstić information content (AvgIpc) is 2.47. The number of nitrogens with zero attached hydrogens (tertiary/aromatic N) is 4. The fraction of sp³-hybridized carbons (Fsp3) is 0.333. The minimum Gasteiger partial charge on any atom is -0.367 e. The van der Waals surface area contributed by atoms with Gasteiger partial charge in [-0.05, 0) is 13.1 Å². The summed E-state index contributed by atoms with van der Waals surface area (Å²) in [6, 6.07) is 10.1. The van der Waals surface area contributed by atoms with Crippen LogP contribution in [0.5, 0.6) is 0 Å². The molecule has 20 heavy (non-hydrogen) atoms. The van der Waals surface area contributed by atoms with E-state index < -0.39 is 0 Å². The molecule has 102 valence electrons. The lowest BCUT2D eigenvalue weighted by Gasteiger charge is -2.35. The van der Waals surface area contributed by atoms with Crippen molar-refractivity contribution in [3.8, 4) is 6.07 Å². The van der Waals surface area contributed by atoms with Gasteiger partial charge in [0.1, 0.15) is 16.8 Å². The molecular formula is C15H15ClN4. The number of rotatable bonds is 1. The van der Waals surface area contributed by atoms with Gasteiger partial charge >= 0.3 is 0 Å². The van der Waals surface area contributed by atoms with E-state index in [2.05, 4.69) is 27.9 Å². The van der Waals surface area contributed by atoms with Crippen LogP contribution in [0.25, 0.3) is 10.9 Å². The van der Waals surface area contributed by atoms with Gasteiger partial charge in [-0.25, -0.2) is 4.98 Å². The molecule has 0 spiro atoms. The molecule has 4 nitrogen and oxygen atoms in total. The summed E-state index contributed by atoms with van der Waals surface area (Å²) < 4.78 is 0. The maximum absolute atomic E-state index is 9.43. The van der Waals surface area contributed by atoms with Crippen LogP contribution in [0, 0.1) is 11.3 Å². The molecule has 1 aliphatic heterocycles. The van der Waals surface area contributed by atoms with Gasteiger partial charge in [-0.1, -0.05) is 29.8 Å². The highest BCUT2D eigenvalue weighted by atomic mass is 35.5. The molecule has 1 saturated heterocycles. The van der Waals surface area contributed by atoms with Gasteiger partial charge in [0.2, 0.25) is 0 Å². The zero-order chi connectivity index (χ0) is 14.1. The van der Waals surface area contributed by atoms with Crippen LogP contribution in [-0.4, -0.2) is 43.1 Å². The first kappa shape index (κ1) is 13.2. The number of piperazine rings is 1. The lowest BCUT2D eigenvalue weighted by Crippen LogP contribution is -2.44. The lowest BCUT2D eigenvalue weighted by atomic mass is 10.1. The number of likely N-dealkylation sites (N-methyl/N-ethyl adjacent to an activating group) is 1. The van der Waals surface area contributed by atoms with Crippen molar-refractivity contribution in [2.45, 2.75) is 0 Å². The van der Waals surface area contributed by atoms with Crippen molar-refractivity contribution < 1.29 is 0 Å². The van der Waals surface area contributed by atoms with Crippen molar-refractivity contribution in [1.82, 2.24) is 9.88 Å². The van der Waals surface area contributed by atoms with Crippen LogP contribution in [0.2, 0.25) is 5.15 Å². The van der Waals surface area contributed by atoms with Crippen LogP contribution in [0.3, 0.4) is 0 Å². The Hall–Kier alpha value is -1.83. The third-order valence-corrected chi connectivity index (χ3v) is 4.03. The number of para-hydroxylation sites is 1. The second-order valence-corrected chi connectivity index (χ2v) is 5.40. The monoisotopic (exact) mass is 286 g/mol. The molecule has 0 bridgehead atoms. The molecule has 1 fully saturated rings. The van der Waals surface area contributed by atoms with E-state index in [0.29, 0.717) is 10.7 Å². The molecule has 0 saturated carbocycles. The van der Waals surface area contributed by atoms with Gasteiger partial charge in [-0.2, -0.15) is 5.26 Å². The number of benzene rings is 1. The predicted molar refractivity (Wildman–Crippen MR) is 81.2 cm³/mol. The Labute approximate surface area is 123 Å². The predicted octanol–water partition coefficient (Wildman–Crippen LogP) is 2.51. The Kier molecular flexibility index (Phi) is 3.47. The Bertz CT molecular complexity index is 684. The molecule has 1 aromatic carbocycles. The number of aromatic nitrogens is 1. The molecule has 0 atom stereocenters. The molecule has 3 rings (SSSR count). The molecule has 1 aromatic heterocycles. The maximum atomic E-state index is 9.43. The fourth-order valence-corrected chi connectivity index (χ4v) is 2.85. The molecule has 1 aliphatic rings. The quantitative estimate of drug-likeness (QED) is 0.756. The van der Waals surface area contributed by atoms with Crippen molar-refractivity contribution >= 4 is 28.2 Å². The van der Waals surface area contributed by atoms with Crippen LogP contribution in [0.1, 0.15) is 5.56 Å². The fourth-order valence-electron chi connectivity index (χ4n) is 2.62. The van der Waals surface area contributed by atoms with Crippen LogP contribution in [-0.2, 0) is 0 Å². The molecule has 0 radical (unpaired) electrons. The van der Waals surface area contributed by atoms with Gasteiger partial charge in [-0.15, -0.1) is 0 Å². The van der Waals surface area contributed by atoms with E-state index in [1.165, 1.54) is 0 Å². The van der Waals surface area contributed by atoms with Gasteiger partial charge in [0.25, 0.3) is 0 Å². The smallest absolute Gasteiger partial charge is 0.149 e. The van der Waals surface area contributed by atoms with Crippen LogP contribution in [0.4, 0.5) is 5.69 Å². The topological polar surface area (TPSA) is 43.2 Å². The highest BCUT2D eigenvalue weighted by Gasteiger charge is 2.22. The summed E-state index contributed by atoms with van der Waals surface area (Å²) in [6.07, 6.45) is 0. The number of hydrogen-bond acceptors (Lipinski definition) is 4. The third kappa shape index (κ3) is 2.20. The first-order valence-corrected chi connectivity index (χ1v) is 7.00. The summed E-state index contributed by atoms with van der Waals surface area (Å²) >= 11 is 6.19. The number of pyridine rings is 1. The van der Waals surface area contributed by atoms with Crippen molar-refractivity contribution in [2.75, 3.05) is 38.1 Å². The number of anilines is 1. The van der Waals surface area contributed by atoms with E-state index in [1.807, 2.05) is 24.3 Å². The number of nitriles is 1. The Morgan fingerprint density at radius 3 is 2.60 bits per heavy atom. The minimum absolute atomic E-state index is 0.292. The van der Waals surface area contributed by atoms with E-state index in [1.54, 1.807) is 0 Å². The maximum Gasteiger partial charge on any atom is 0.149 e. The summed E-state index contributed by atoms with van der Waals surface area (Å²) in [4.78, 5) is 8.85. The van der Waals surface area contributed by atoms with Gasteiger partial charge in [0, 0.05) is 31.6 Å². The lowest BCUT2D eigenvalue weighted by molar-refractivity contribution is 0.313. The first-order chi connectivity index (χ1) is 9.70. The van der Waals surface area contributed by atoms with Crippen molar-refractivity contribution in [3.63, 3.8) is 0 Å². The molecule has 2 aromatic rings. The van der Waals surface area contributed by atoms with E-state index in [0.717, 1.165) is 42.8 Å². The van der Waals surface area contributed by atoms with Crippen molar-refractivity contribution in [3.05, 3.63) is 35.0 Å². The first-order valence-electron chi connectivity index (χ1n) is 6.62. The highest BCUT2D eigenvalue weighted by Crippen LogP contribution is 2.33. The van der Waals surface area contributed by atoms with Gasteiger partial charge in [0.05, 0.1) is 11.2 Å². The summed E-state index contributed by atoms with van der Waals surface area (Å²) in [7, 11) is 2.11. The second kappa shape index (κ2) is 5.28. The van der Waals surface area contributed by atoms with Crippen LogP contribution < -0.4 is 4.90 Å². The third-order valence-electron chi connectivity index (χ3n) is 3.75. The molecule has 0 N–H and O–H groups in total. The molecule has 5 heteroatoms. The SMILES string of the molecule is CN1CCN(c2c(C#N)c(Cl)nc3ccccc23)CC1. The zero-order valence-corrected chi connectivity index (χ0v) is 12.1. The number of hydrogen-bond donors (Lipinski definition) is 0. The Morgan fingerprint density at radius 2 is 1.90 bits per heavy atom. The highest BCUT2D eigenvalue weighted by molar-refractivity contribution is 6.31. The molecule has 0 unspecified atom stereocenters. The zero-order valence-electron chi connectivity index (χ0n) is 11.3. The molecule has 0 aliphatic carbocycles. The normalized spacial score (nSPS) is 16.4. The minimum atomic E-state index is 0.292. The largest absolute Gasteiger partial charge is 0.367 e. The summed E-state index contributed by atoms with van der Waals surface area (Å²) in [5, 5.41) is 10.7. The van der Waals surface area contributed by atoms with Crippen LogP contribution >= 0.6 is 11.6 Å². The standard InChI is InChI=1S/C15H15ClN4/c1-19-6-8-20(9-7-19)14-11-4-2-3-5-13(11)18-15(16)12(14)10-17/h2-5H,6-9H2,1H3. The summed E-state index contributed by atoms with van der Waals surface area (Å²) in [5.41, 5.74) is 2.25. The number of fused-ring (bicyclic) bond motifs is 1. The van der Waals surface area contributed by atoms with Crippen molar-refractivity contribution in [2.24, 2.45) is 0 Å². The second-order valence-electron chi connectivity index (χ2n) is 5.05. The van der Waals surface area contributed by atoms with Gasteiger partial charge < -0.3 is 9.80 Å². The number of halogens is 1. The Balaban J connectivity index is 2.19. The molecule has 2 heterocycles. The summed E-state index contributed by atoms with van der Waals surface area (Å²) in [6.45, 7) is 3.77. The van der Waals surface area contributed by atoms with Gasteiger partial charge in [-0.3, -0.25) is 0 Å². The Morgan fingerprint density at radius 1 is 1.20 bits per heavy atom. The van der Waals surface area contributed by atoms with E-state index >= 15 is 0 Å². The van der Waals surface area contributed by atoms with E-state index in [-0.39, 0.29) is 0 Å². The molecular weight excluding hydrogens is 272 g/mol. The molecule has 0 amide bonds. The van der Waals surface area contributed by atoms with Gasteiger partial charge in [0.15, 0.2) is 0 Å².